The maximum atomic E-state index is 15.2. The van der Waals surface area contributed by atoms with Crippen molar-refractivity contribution in [2.45, 2.75) is 36.3 Å². The number of likely N-dealkylation sites (tertiary alicyclic amines) is 1. The quantitative estimate of drug-likeness (QED) is 0.371. The number of piperazine rings is 1. The molecule has 47 heavy (non-hydrogen) atoms. The first kappa shape index (κ1) is 32.4. The maximum absolute atomic E-state index is 15.2. The number of benzene rings is 2. The molecule has 0 saturated carbocycles. The molecule has 2 aromatic carbocycles. The normalized spacial score (nSPS) is 20.9. The van der Waals surface area contributed by atoms with Crippen LogP contribution in [0, 0.1) is 17.1 Å². The van der Waals surface area contributed by atoms with Crippen molar-refractivity contribution in [3.8, 4) is 11.9 Å². The summed E-state index contributed by atoms with van der Waals surface area (Å²) in [4.78, 5) is 39.1. The number of ether oxygens (including phenoxy) is 2. The van der Waals surface area contributed by atoms with Gasteiger partial charge in [-0.25, -0.2) is 22.6 Å². The number of rotatable bonds is 7. The molecule has 1 aromatic heterocycles. The van der Waals surface area contributed by atoms with Crippen LogP contribution in [0.4, 0.5) is 14.9 Å². The summed E-state index contributed by atoms with van der Waals surface area (Å²) < 4.78 is 55.9. The van der Waals surface area contributed by atoms with E-state index in [0.29, 0.717) is 36.5 Å². The van der Waals surface area contributed by atoms with E-state index in [1.165, 1.54) is 47.5 Å². The molecule has 3 aromatic rings. The lowest BCUT2D eigenvalue weighted by atomic mass is 9.86. The summed E-state index contributed by atoms with van der Waals surface area (Å²) in [6, 6.07) is 14.1. The average Bonchev–Trinajstić information content (AvgIpc) is 3.32. The van der Waals surface area contributed by atoms with Crippen molar-refractivity contribution in [3.05, 3.63) is 83.3 Å². The van der Waals surface area contributed by atoms with Gasteiger partial charge in [0.25, 0.3) is 21.5 Å². The summed E-state index contributed by atoms with van der Waals surface area (Å²) in [6.07, 6.45) is 2.59. The fourth-order valence-electron chi connectivity index (χ4n) is 6.55. The molecule has 2 amide bonds. The van der Waals surface area contributed by atoms with Crippen molar-refractivity contribution in [1.29, 1.82) is 5.26 Å². The topological polar surface area (TPSA) is 136 Å². The number of carbonyl (C=O) groups is 2. The van der Waals surface area contributed by atoms with Crippen molar-refractivity contribution in [2.75, 3.05) is 57.2 Å². The molecular weight excluding hydrogens is 627 g/mol. The molecule has 0 radical (unpaired) electrons. The first-order valence-electron chi connectivity index (χ1n) is 15.5. The first-order valence-corrected chi connectivity index (χ1v) is 16.9. The monoisotopic (exact) mass is 662 g/mol. The predicted octanol–water partition coefficient (Wildman–Crippen LogP) is 3.32. The van der Waals surface area contributed by atoms with Gasteiger partial charge in [0.2, 0.25) is 5.88 Å². The van der Waals surface area contributed by atoms with Crippen LogP contribution in [0.2, 0.25) is 0 Å². The van der Waals surface area contributed by atoms with E-state index < -0.39 is 39.0 Å². The third-order valence-corrected chi connectivity index (χ3v) is 10.7. The van der Waals surface area contributed by atoms with Gasteiger partial charge in [-0.3, -0.25) is 9.69 Å². The van der Waals surface area contributed by atoms with Gasteiger partial charge in [-0.2, -0.15) is 9.57 Å². The number of pyridine rings is 1. The Balaban J connectivity index is 1.45. The number of amides is 2. The van der Waals surface area contributed by atoms with E-state index in [1.807, 2.05) is 0 Å². The Morgan fingerprint density at radius 2 is 1.74 bits per heavy atom. The van der Waals surface area contributed by atoms with E-state index in [0.717, 1.165) is 38.1 Å². The van der Waals surface area contributed by atoms with E-state index in [4.69, 9.17) is 9.47 Å². The van der Waals surface area contributed by atoms with Gasteiger partial charge in [0.15, 0.2) is 0 Å². The highest BCUT2D eigenvalue weighted by Gasteiger charge is 2.61. The van der Waals surface area contributed by atoms with Crippen molar-refractivity contribution in [3.63, 3.8) is 0 Å². The molecule has 12 nitrogen and oxygen atoms in total. The van der Waals surface area contributed by atoms with Gasteiger partial charge in [0, 0.05) is 50.0 Å². The zero-order valence-corrected chi connectivity index (χ0v) is 27.0. The molecule has 0 N–H and O–H groups in total. The molecule has 3 aliphatic rings. The molecule has 1 atom stereocenters. The molecule has 1 unspecified atom stereocenters. The van der Waals surface area contributed by atoms with Crippen molar-refractivity contribution in [2.24, 2.45) is 0 Å². The van der Waals surface area contributed by atoms with Crippen LogP contribution in [0.25, 0.3) is 0 Å². The highest BCUT2D eigenvalue weighted by atomic mass is 32.2. The largest absolute Gasteiger partial charge is 0.478 e. The van der Waals surface area contributed by atoms with E-state index >= 15 is 4.39 Å². The van der Waals surface area contributed by atoms with Crippen LogP contribution in [0.5, 0.6) is 5.88 Å². The zero-order valence-electron chi connectivity index (χ0n) is 26.1. The second-order valence-electron chi connectivity index (χ2n) is 11.7. The molecule has 6 rings (SSSR count). The number of carbonyl (C=O) groups excluding carboxylic acids is 2. The van der Waals surface area contributed by atoms with Crippen LogP contribution in [0.1, 0.15) is 36.5 Å². The highest BCUT2D eigenvalue weighted by molar-refractivity contribution is 7.93. The minimum Gasteiger partial charge on any atom is -0.478 e. The van der Waals surface area contributed by atoms with Gasteiger partial charge in [-0.1, -0.05) is 18.2 Å². The average molecular weight is 663 g/mol. The smallest absolute Gasteiger partial charge is 0.411 e. The van der Waals surface area contributed by atoms with Crippen molar-refractivity contribution in [1.82, 2.24) is 19.7 Å². The van der Waals surface area contributed by atoms with Gasteiger partial charge in [-0.15, -0.1) is 0 Å². The Hall–Kier alpha value is -4.58. The lowest BCUT2D eigenvalue weighted by Gasteiger charge is -2.42. The Morgan fingerprint density at radius 3 is 2.40 bits per heavy atom. The van der Waals surface area contributed by atoms with Crippen molar-refractivity contribution < 1.29 is 31.9 Å². The maximum Gasteiger partial charge on any atom is 0.411 e. The number of hydrogen-bond donors (Lipinski definition) is 0. The third kappa shape index (κ3) is 5.68. The molecule has 0 spiro atoms. The van der Waals surface area contributed by atoms with Gasteiger partial charge < -0.3 is 19.3 Å². The molecule has 246 valence electrons. The van der Waals surface area contributed by atoms with E-state index in [1.54, 1.807) is 19.1 Å². The van der Waals surface area contributed by atoms with Crippen LogP contribution in [0.15, 0.2) is 65.7 Å². The van der Waals surface area contributed by atoms with Crippen LogP contribution < -0.4 is 9.04 Å². The number of nitriles is 1. The Kier molecular flexibility index (Phi) is 8.88. The number of halogens is 1. The minimum absolute atomic E-state index is 0.0623. The predicted molar refractivity (Wildman–Crippen MR) is 169 cm³/mol. The molecule has 3 aliphatic heterocycles. The summed E-state index contributed by atoms with van der Waals surface area (Å²) in [6.45, 7) is 5.62. The molecular formula is C33H35FN6O6S. The van der Waals surface area contributed by atoms with Crippen LogP contribution in [0.3, 0.4) is 0 Å². The number of nitrogens with zero attached hydrogens (tertiary/aromatic N) is 6. The highest BCUT2D eigenvalue weighted by Crippen LogP contribution is 2.52. The van der Waals surface area contributed by atoms with Gasteiger partial charge in [0.1, 0.15) is 11.9 Å². The summed E-state index contributed by atoms with van der Waals surface area (Å²) in [5, 5.41) is 9.76. The fraction of sp³-hybridized carbons (Fsp3) is 0.394. The molecule has 2 fully saturated rings. The number of sulfonamides is 1. The van der Waals surface area contributed by atoms with Gasteiger partial charge in [0.05, 0.1) is 28.3 Å². The molecule has 14 heteroatoms. The Morgan fingerprint density at radius 1 is 1.04 bits per heavy atom. The molecule has 4 heterocycles. The minimum atomic E-state index is -4.67. The summed E-state index contributed by atoms with van der Waals surface area (Å²) in [5.41, 5.74) is -3.61. The Bertz CT molecular complexity index is 1820. The fourth-order valence-corrected chi connectivity index (χ4v) is 8.02. The summed E-state index contributed by atoms with van der Waals surface area (Å²) in [7, 11) is -2.57. The zero-order chi connectivity index (χ0) is 33.3. The second-order valence-corrected chi connectivity index (χ2v) is 13.5. The number of fused-ring (bicyclic) bond motifs is 1. The van der Waals surface area contributed by atoms with Gasteiger partial charge in [-0.05, 0) is 70.2 Å². The van der Waals surface area contributed by atoms with E-state index in [-0.39, 0.29) is 34.2 Å². The molecule has 0 aliphatic carbocycles. The summed E-state index contributed by atoms with van der Waals surface area (Å²) >= 11 is 0. The lowest BCUT2D eigenvalue weighted by Crippen LogP contribution is -2.55. The SMILES string of the molecule is CCOc1ncccc1C1(OC(=O)N2CCN(C3CCN(C)CC3)CC2)C(=O)N(S(=O)(=O)c2ccccc2)c2cc(F)c(C#N)cc21. The van der Waals surface area contributed by atoms with E-state index in [9.17, 15) is 23.3 Å². The second kappa shape index (κ2) is 12.9. The lowest BCUT2D eigenvalue weighted by molar-refractivity contribution is -0.132. The van der Waals surface area contributed by atoms with E-state index in [2.05, 4.69) is 21.8 Å². The first-order chi connectivity index (χ1) is 22.6. The number of anilines is 1. The van der Waals surface area contributed by atoms with Gasteiger partial charge >= 0.3 is 6.09 Å². The number of aromatic nitrogens is 1. The van der Waals surface area contributed by atoms with Crippen LogP contribution in [-0.2, 0) is 25.2 Å². The third-order valence-electron chi connectivity index (χ3n) is 9.02. The number of piperidine rings is 1. The van der Waals surface area contributed by atoms with Crippen LogP contribution in [-0.4, -0.2) is 99.1 Å². The summed E-state index contributed by atoms with van der Waals surface area (Å²) in [5.74, 6) is -2.33. The standard InChI is InChI=1S/C33H35FN6O6S/c1-3-45-30-26(10-7-13-36-30)33(46-32(42)39-18-16-38(17-19-39)24-11-14-37(2)15-12-24)27-20-23(22-35)28(34)21-29(27)40(31(33)41)47(43,44)25-8-5-4-6-9-25/h4-10,13,20-21,24H,3,11-12,14-19H2,1-2H3. The van der Waals surface area contributed by atoms with Crippen LogP contribution >= 0.6 is 0 Å². The molecule has 2 saturated heterocycles. The number of hydrogen-bond acceptors (Lipinski definition) is 10. The molecule has 0 bridgehead atoms. The van der Waals surface area contributed by atoms with Crippen molar-refractivity contribution >= 4 is 27.7 Å². The Labute approximate surface area is 272 Å².